The molecule has 1 aliphatic heterocycles. The highest BCUT2D eigenvalue weighted by Gasteiger charge is 2.24. The SMILES string of the molecule is CC(=O)N[C@H](C)[C@@H]1CC[C@@H](N)CO1. The summed E-state index contributed by atoms with van der Waals surface area (Å²) in [6, 6.07) is 0.255. The Morgan fingerprint density at radius 3 is 2.77 bits per heavy atom. The number of hydrogen-bond acceptors (Lipinski definition) is 3. The van der Waals surface area contributed by atoms with Crippen LogP contribution in [-0.4, -0.2) is 30.7 Å². The molecule has 0 aromatic rings. The monoisotopic (exact) mass is 186 g/mol. The van der Waals surface area contributed by atoms with Gasteiger partial charge in [-0.25, -0.2) is 0 Å². The van der Waals surface area contributed by atoms with Crippen LogP contribution < -0.4 is 11.1 Å². The Labute approximate surface area is 78.8 Å². The molecule has 0 aliphatic carbocycles. The van der Waals surface area contributed by atoms with Crippen molar-refractivity contribution in [1.29, 1.82) is 0 Å². The lowest BCUT2D eigenvalue weighted by atomic mass is 10.0. The van der Waals surface area contributed by atoms with Crippen molar-refractivity contribution < 1.29 is 9.53 Å². The van der Waals surface area contributed by atoms with Gasteiger partial charge in [0.15, 0.2) is 0 Å². The van der Waals surface area contributed by atoms with Crippen molar-refractivity contribution in [3.8, 4) is 0 Å². The van der Waals surface area contributed by atoms with Gasteiger partial charge < -0.3 is 15.8 Å². The van der Waals surface area contributed by atoms with Crippen LogP contribution in [0.3, 0.4) is 0 Å². The normalized spacial score (nSPS) is 31.0. The lowest BCUT2D eigenvalue weighted by Crippen LogP contribution is -2.46. The van der Waals surface area contributed by atoms with Gasteiger partial charge in [-0.05, 0) is 19.8 Å². The van der Waals surface area contributed by atoms with Crippen LogP contribution in [0.1, 0.15) is 26.7 Å². The number of nitrogens with two attached hydrogens (primary N) is 1. The number of nitrogens with one attached hydrogen (secondary N) is 1. The number of carbonyl (C=O) groups is 1. The first kappa shape index (κ1) is 10.5. The molecule has 1 amide bonds. The summed E-state index contributed by atoms with van der Waals surface area (Å²) in [4.78, 5) is 10.8. The maximum atomic E-state index is 10.8. The second kappa shape index (κ2) is 4.58. The molecule has 0 bridgehead atoms. The van der Waals surface area contributed by atoms with Gasteiger partial charge in [0.05, 0.1) is 18.8 Å². The van der Waals surface area contributed by atoms with E-state index in [0.29, 0.717) is 6.61 Å². The highest BCUT2D eigenvalue weighted by Crippen LogP contribution is 2.15. The average Bonchev–Trinajstić information content (AvgIpc) is 2.04. The molecule has 1 fully saturated rings. The Morgan fingerprint density at radius 1 is 1.62 bits per heavy atom. The molecule has 0 aromatic heterocycles. The first-order valence-electron chi connectivity index (χ1n) is 4.74. The minimum absolute atomic E-state index is 0.00836. The molecular weight excluding hydrogens is 168 g/mol. The molecule has 1 aliphatic rings. The van der Waals surface area contributed by atoms with E-state index in [-0.39, 0.29) is 24.1 Å². The van der Waals surface area contributed by atoms with Gasteiger partial charge in [0, 0.05) is 13.0 Å². The standard InChI is InChI=1S/C9H18N2O2/c1-6(11-7(2)12)9-4-3-8(10)5-13-9/h6,8-9H,3-5,10H2,1-2H3,(H,11,12)/t6-,8-,9+/m1/s1. The van der Waals surface area contributed by atoms with Gasteiger partial charge in [-0.15, -0.1) is 0 Å². The van der Waals surface area contributed by atoms with E-state index in [1.807, 2.05) is 6.92 Å². The first-order valence-corrected chi connectivity index (χ1v) is 4.74. The molecule has 0 saturated carbocycles. The predicted molar refractivity (Wildman–Crippen MR) is 50.2 cm³/mol. The zero-order chi connectivity index (χ0) is 9.84. The lowest BCUT2D eigenvalue weighted by molar-refractivity contribution is -0.121. The van der Waals surface area contributed by atoms with Crippen LogP contribution in [0.15, 0.2) is 0 Å². The van der Waals surface area contributed by atoms with Crippen molar-refractivity contribution in [2.45, 2.75) is 44.9 Å². The maximum Gasteiger partial charge on any atom is 0.217 e. The van der Waals surface area contributed by atoms with Gasteiger partial charge in [-0.2, -0.15) is 0 Å². The van der Waals surface area contributed by atoms with Crippen LogP contribution in [-0.2, 0) is 9.53 Å². The van der Waals surface area contributed by atoms with Crippen LogP contribution in [0.5, 0.6) is 0 Å². The topological polar surface area (TPSA) is 64.4 Å². The Bertz CT molecular complexity index is 176. The van der Waals surface area contributed by atoms with Crippen LogP contribution in [0.25, 0.3) is 0 Å². The second-order valence-corrected chi connectivity index (χ2v) is 3.70. The number of rotatable bonds is 2. The number of hydrogen-bond donors (Lipinski definition) is 2. The fourth-order valence-electron chi connectivity index (χ4n) is 1.60. The third-order valence-corrected chi connectivity index (χ3v) is 2.33. The highest BCUT2D eigenvalue weighted by atomic mass is 16.5. The van der Waals surface area contributed by atoms with Gasteiger partial charge in [-0.3, -0.25) is 4.79 Å². The Hall–Kier alpha value is -0.610. The molecule has 1 saturated heterocycles. The average molecular weight is 186 g/mol. The van der Waals surface area contributed by atoms with Gasteiger partial charge in [0.2, 0.25) is 5.91 Å². The van der Waals surface area contributed by atoms with Crippen LogP contribution in [0.4, 0.5) is 0 Å². The van der Waals surface area contributed by atoms with E-state index in [2.05, 4.69) is 5.32 Å². The minimum atomic E-state index is -0.00836. The summed E-state index contributed by atoms with van der Waals surface area (Å²) in [5, 5.41) is 2.82. The van der Waals surface area contributed by atoms with Gasteiger partial charge in [-0.1, -0.05) is 0 Å². The molecule has 0 spiro atoms. The van der Waals surface area contributed by atoms with E-state index in [1.165, 1.54) is 6.92 Å². The number of amides is 1. The molecule has 76 valence electrons. The Kier molecular flexibility index (Phi) is 3.69. The van der Waals surface area contributed by atoms with Crippen molar-refractivity contribution in [2.24, 2.45) is 5.73 Å². The van der Waals surface area contributed by atoms with Gasteiger partial charge >= 0.3 is 0 Å². The fraction of sp³-hybridized carbons (Fsp3) is 0.889. The largest absolute Gasteiger partial charge is 0.374 e. The number of carbonyl (C=O) groups excluding carboxylic acids is 1. The third kappa shape index (κ3) is 3.32. The van der Waals surface area contributed by atoms with E-state index >= 15 is 0 Å². The fourth-order valence-corrected chi connectivity index (χ4v) is 1.60. The Balaban J connectivity index is 2.31. The van der Waals surface area contributed by atoms with Crippen LogP contribution >= 0.6 is 0 Å². The molecule has 1 heterocycles. The number of ether oxygens (including phenoxy) is 1. The molecule has 0 aromatic carbocycles. The van der Waals surface area contributed by atoms with Crippen molar-refractivity contribution in [2.75, 3.05) is 6.61 Å². The van der Waals surface area contributed by atoms with Crippen molar-refractivity contribution >= 4 is 5.91 Å². The molecule has 0 unspecified atom stereocenters. The summed E-state index contributed by atoms with van der Waals surface area (Å²) in [5.41, 5.74) is 5.69. The molecule has 4 nitrogen and oxygen atoms in total. The minimum Gasteiger partial charge on any atom is -0.374 e. The molecule has 0 radical (unpaired) electrons. The summed E-state index contributed by atoms with van der Waals surface area (Å²) in [6.45, 7) is 4.09. The second-order valence-electron chi connectivity index (χ2n) is 3.70. The van der Waals surface area contributed by atoms with E-state index in [0.717, 1.165) is 12.8 Å². The molecular formula is C9H18N2O2. The van der Waals surface area contributed by atoms with Crippen molar-refractivity contribution in [3.63, 3.8) is 0 Å². The predicted octanol–water partition coefficient (Wildman–Crippen LogP) is 0.0173. The maximum absolute atomic E-state index is 10.8. The smallest absolute Gasteiger partial charge is 0.217 e. The molecule has 4 heteroatoms. The molecule has 3 atom stereocenters. The lowest BCUT2D eigenvalue weighted by Gasteiger charge is -2.31. The van der Waals surface area contributed by atoms with E-state index in [1.54, 1.807) is 0 Å². The van der Waals surface area contributed by atoms with E-state index in [4.69, 9.17) is 10.5 Å². The third-order valence-electron chi connectivity index (χ3n) is 2.33. The molecule has 13 heavy (non-hydrogen) atoms. The molecule has 1 rings (SSSR count). The Morgan fingerprint density at radius 2 is 2.31 bits per heavy atom. The van der Waals surface area contributed by atoms with Crippen molar-refractivity contribution in [1.82, 2.24) is 5.32 Å². The molecule has 3 N–H and O–H groups in total. The summed E-state index contributed by atoms with van der Waals surface area (Å²) in [7, 11) is 0. The van der Waals surface area contributed by atoms with Gasteiger partial charge in [0.1, 0.15) is 0 Å². The zero-order valence-corrected chi connectivity index (χ0v) is 8.25. The van der Waals surface area contributed by atoms with Crippen LogP contribution in [0.2, 0.25) is 0 Å². The summed E-state index contributed by atoms with van der Waals surface area (Å²) in [5.74, 6) is -0.00836. The van der Waals surface area contributed by atoms with E-state index < -0.39 is 0 Å². The summed E-state index contributed by atoms with van der Waals surface area (Å²) < 4.78 is 5.51. The summed E-state index contributed by atoms with van der Waals surface area (Å²) >= 11 is 0. The summed E-state index contributed by atoms with van der Waals surface area (Å²) in [6.07, 6.45) is 2.04. The zero-order valence-electron chi connectivity index (χ0n) is 8.25. The van der Waals surface area contributed by atoms with Gasteiger partial charge in [0.25, 0.3) is 0 Å². The first-order chi connectivity index (χ1) is 6.09. The van der Waals surface area contributed by atoms with Crippen molar-refractivity contribution in [3.05, 3.63) is 0 Å². The quantitative estimate of drug-likeness (QED) is 0.639. The van der Waals surface area contributed by atoms with E-state index in [9.17, 15) is 4.79 Å². The highest BCUT2D eigenvalue weighted by molar-refractivity contribution is 5.73. The van der Waals surface area contributed by atoms with Crippen LogP contribution in [0, 0.1) is 0 Å².